The molecule has 4 aromatic rings. The van der Waals surface area contributed by atoms with E-state index < -0.39 is 5.63 Å². The van der Waals surface area contributed by atoms with Crippen LogP contribution in [0.15, 0.2) is 50.0 Å². The zero-order valence-electron chi connectivity index (χ0n) is 16.3. The average Bonchev–Trinajstić information content (AvgIpc) is 3.01. The zero-order valence-corrected chi connectivity index (χ0v) is 16.3. The lowest BCUT2D eigenvalue weighted by Crippen LogP contribution is -2.24. The molecule has 146 valence electrons. The van der Waals surface area contributed by atoms with Crippen LogP contribution in [0.5, 0.6) is 0 Å². The Morgan fingerprint density at radius 2 is 1.72 bits per heavy atom. The minimum atomic E-state index is -0.502. The Hall–Kier alpha value is -3.67. The molecule has 2 aromatic carbocycles. The highest BCUT2D eigenvalue weighted by Gasteiger charge is 2.17. The zero-order chi connectivity index (χ0) is 20.7. The second-order valence-corrected chi connectivity index (χ2v) is 7.02. The van der Waals surface area contributed by atoms with Crippen molar-refractivity contribution in [3.63, 3.8) is 0 Å². The molecule has 0 saturated carbocycles. The summed E-state index contributed by atoms with van der Waals surface area (Å²) < 4.78 is 11.3. The summed E-state index contributed by atoms with van der Waals surface area (Å²) >= 11 is 0. The SMILES string of the molecule is Cc1oc2c(C)c3oc(=O)cc(CNC(=O)c4ccccc4C=O)c3cc2c1C. The topological polar surface area (TPSA) is 89.5 Å². The number of aryl methyl sites for hydroxylation is 3. The summed E-state index contributed by atoms with van der Waals surface area (Å²) in [4.78, 5) is 35.9. The first-order valence-corrected chi connectivity index (χ1v) is 9.19. The number of rotatable bonds is 4. The lowest BCUT2D eigenvalue weighted by atomic mass is 10.0. The van der Waals surface area contributed by atoms with Crippen molar-refractivity contribution in [3.8, 4) is 0 Å². The van der Waals surface area contributed by atoms with E-state index in [1.54, 1.807) is 24.3 Å². The van der Waals surface area contributed by atoms with Gasteiger partial charge in [-0.3, -0.25) is 9.59 Å². The van der Waals surface area contributed by atoms with E-state index in [0.29, 0.717) is 28.6 Å². The number of carbonyl (C=O) groups excluding carboxylic acids is 2. The average molecular weight is 389 g/mol. The number of furan rings is 1. The number of hydrogen-bond donors (Lipinski definition) is 1. The molecule has 6 heteroatoms. The number of nitrogens with one attached hydrogen (secondary N) is 1. The highest BCUT2D eigenvalue weighted by atomic mass is 16.4. The van der Waals surface area contributed by atoms with Gasteiger partial charge in [-0.05, 0) is 44.0 Å². The molecular formula is C23H19NO5. The number of hydrogen-bond acceptors (Lipinski definition) is 5. The van der Waals surface area contributed by atoms with Crippen LogP contribution >= 0.6 is 0 Å². The second kappa shape index (κ2) is 7.05. The third-order valence-corrected chi connectivity index (χ3v) is 5.26. The molecule has 2 heterocycles. The van der Waals surface area contributed by atoms with Crippen LogP contribution in [0.25, 0.3) is 21.9 Å². The van der Waals surface area contributed by atoms with Gasteiger partial charge >= 0.3 is 5.63 Å². The summed E-state index contributed by atoms with van der Waals surface area (Å²) in [7, 11) is 0. The minimum absolute atomic E-state index is 0.120. The summed E-state index contributed by atoms with van der Waals surface area (Å²) in [5, 5.41) is 4.48. The highest BCUT2D eigenvalue weighted by Crippen LogP contribution is 2.33. The summed E-state index contributed by atoms with van der Waals surface area (Å²) in [5.41, 5.74) is 3.62. The first-order valence-electron chi connectivity index (χ1n) is 9.19. The second-order valence-electron chi connectivity index (χ2n) is 7.02. The number of amides is 1. The largest absolute Gasteiger partial charge is 0.461 e. The van der Waals surface area contributed by atoms with Crippen LogP contribution in [0, 0.1) is 20.8 Å². The lowest BCUT2D eigenvalue weighted by Gasteiger charge is -2.10. The molecule has 0 aliphatic heterocycles. The van der Waals surface area contributed by atoms with Gasteiger partial charge < -0.3 is 14.2 Å². The molecule has 29 heavy (non-hydrogen) atoms. The molecule has 0 bridgehead atoms. The normalized spacial score (nSPS) is 11.1. The van der Waals surface area contributed by atoms with Crippen LogP contribution in [-0.2, 0) is 6.54 Å². The van der Waals surface area contributed by atoms with Gasteiger partial charge in [-0.25, -0.2) is 4.79 Å². The Bertz CT molecular complexity index is 1340. The first-order chi connectivity index (χ1) is 13.9. The van der Waals surface area contributed by atoms with Gasteiger partial charge in [0.05, 0.1) is 0 Å². The molecule has 0 fully saturated rings. The Morgan fingerprint density at radius 3 is 2.48 bits per heavy atom. The van der Waals surface area contributed by atoms with Gasteiger partial charge in [0, 0.05) is 40.1 Å². The molecule has 6 nitrogen and oxygen atoms in total. The maximum absolute atomic E-state index is 12.6. The molecule has 2 aromatic heterocycles. The molecule has 0 unspecified atom stereocenters. The maximum atomic E-state index is 12.6. The Balaban J connectivity index is 1.78. The summed E-state index contributed by atoms with van der Waals surface area (Å²) in [6, 6.07) is 9.85. The molecule has 0 atom stereocenters. The van der Waals surface area contributed by atoms with Gasteiger partial charge in [-0.15, -0.1) is 0 Å². The molecule has 0 radical (unpaired) electrons. The van der Waals surface area contributed by atoms with E-state index in [-0.39, 0.29) is 18.0 Å². The third kappa shape index (κ3) is 3.12. The molecule has 1 amide bonds. The van der Waals surface area contributed by atoms with Gasteiger partial charge in [0.25, 0.3) is 5.91 Å². The van der Waals surface area contributed by atoms with Gasteiger partial charge in [-0.2, -0.15) is 0 Å². The van der Waals surface area contributed by atoms with E-state index in [9.17, 15) is 14.4 Å². The maximum Gasteiger partial charge on any atom is 0.336 e. The van der Waals surface area contributed by atoms with Crippen LogP contribution < -0.4 is 10.9 Å². The monoisotopic (exact) mass is 389 g/mol. The predicted octanol–water partition coefficient (Wildman–Crippen LogP) is 4.21. The van der Waals surface area contributed by atoms with E-state index in [2.05, 4.69) is 5.32 Å². The van der Waals surface area contributed by atoms with Crippen molar-refractivity contribution in [3.05, 3.63) is 80.4 Å². The van der Waals surface area contributed by atoms with Crippen molar-refractivity contribution in [2.75, 3.05) is 0 Å². The van der Waals surface area contributed by atoms with Crippen LogP contribution in [0.3, 0.4) is 0 Å². The predicted molar refractivity (Wildman–Crippen MR) is 109 cm³/mol. The molecule has 0 aliphatic rings. The van der Waals surface area contributed by atoms with Crippen LogP contribution in [0.1, 0.15) is 43.2 Å². The summed E-state index contributed by atoms with van der Waals surface area (Å²) in [5.74, 6) is 0.420. The smallest absolute Gasteiger partial charge is 0.336 e. The quantitative estimate of drug-likeness (QED) is 0.417. The number of aldehydes is 1. The van der Waals surface area contributed by atoms with Crippen molar-refractivity contribution in [2.24, 2.45) is 0 Å². The van der Waals surface area contributed by atoms with E-state index in [0.717, 1.165) is 27.7 Å². The standard InChI is InChI=1S/C23H19NO5/c1-12-14(3)28-21-13(2)22-19(9-18(12)21)16(8-20(26)29-22)10-24-23(27)17-7-5-4-6-15(17)11-25/h4-9,11H,10H2,1-3H3,(H,24,27). The lowest BCUT2D eigenvalue weighted by molar-refractivity contribution is 0.0945. The number of fused-ring (bicyclic) bond motifs is 2. The van der Waals surface area contributed by atoms with Gasteiger partial charge in [0.15, 0.2) is 6.29 Å². The van der Waals surface area contributed by atoms with Crippen molar-refractivity contribution < 1.29 is 18.4 Å². The molecular weight excluding hydrogens is 370 g/mol. The van der Waals surface area contributed by atoms with Gasteiger partial charge in [0.1, 0.15) is 16.9 Å². The van der Waals surface area contributed by atoms with E-state index in [1.807, 2.05) is 26.8 Å². The fraction of sp³-hybridized carbons (Fsp3) is 0.174. The number of carbonyl (C=O) groups is 2. The van der Waals surface area contributed by atoms with Gasteiger partial charge in [-0.1, -0.05) is 18.2 Å². The molecule has 0 spiro atoms. The highest BCUT2D eigenvalue weighted by molar-refractivity contribution is 6.02. The number of benzene rings is 2. The van der Waals surface area contributed by atoms with Crippen LogP contribution in [0.2, 0.25) is 0 Å². The van der Waals surface area contributed by atoms with Crippen molar-refractivity contribution >= 4 is 34.1 Å². The van der Waals surface area contributed by atoms with Crippen molar-refractivity contribution in [1.82, 2.24) is 5.32 Å². The van der Waals surface area contributed by atoms with E-state index in [4.69, 9.17) is 8.83 Å². The summed E-state index contributed by atoms with van der Waals surface area (Å²) in [6.45, 7) is 5.83. The van der Waals surface area contributed by atoms with Gasteiger partial charge in [0.2, 0.25) is 0 Å². The van der Waals surface area contributed by atoms with Crippen LogP contribution in [0.4, 0.5) is 0 Å². The Kier molecular flexibility index (Phi) is 4.54. The van der Waals surface area contributed by atoms with Crippen LogP contribution in [-0.4, -0.2) is 12.2 Å². The molecule has 1 N–H and O–H groups in total. The van der Waals surface area contributed by atoms with Crippen molar-refractivity contribution in [2.45, 2.75) is 27.3 Å². The molecule has 0 saturated heterocycles. The Labute approximate surface area is 166 Å². The molecule has 0 aliphatic carbocycles. The molecule has 4 rings (SSSR count). The van der Waals surface area contributed by atoms with E-state index in [1.165, 1.54) is 6.07 Å². The Morgan fingerprint density at radius 1 is 1.00 bits per heavy atom. The fourth-order valence-corrected chi connectivity index (χ4v) is 3.56. The summed E-state index contributed by atoms with van der Waals surface area (Å²) in [6.07, 6.45) is 0.644. The minimum Gasteiger partial charge on any atom is -0.461 e. The van der Waals surface area contributed by atoms with E-state index >= 15 is 0 Å². The third-order valence-electron chi connectivity index (χ3n) is 5.26. The first kappa shape index (κ1) is 18.7. The van der Waals surface area contributed by atoms with Crippen molar-refractivity contribution in [1.29, 1.82) is 0 Å². The fourth-order valence-electron chi connectivity index (χ4n) is 3.56.